The third-order valence-corrected chi connectivity index (χ3v) is 4.08. The molecule has 3 heteroatoms. The number of rotatable bonds is 4. The van der Waals surface area contributed by atoms with E-state index in [1.807, 2.05) is 13.0 Å². The van der Waals surface area contributed by atoms with Gasteiger partial charge in [-0.1, -0.05) is 6.92 Å². The summed E-state index contributed by atoms with van der Waals surface area (Å²) in [6.07, 6.45) is 7.70. The highest BCUT2D eigenvalue weighted by atomic mass is 16.5. The second kappa shape index (κ2) is 5.87. The van der Waals surface area contributed by atoms with E-state index in [1.54, 1.807) is 0 Å². The molecule has 0 unspecified atom stereocenters. The Hall–Kier alpha value is -0.830. The van der Waals surface area contributed by atoms with E-state index >= 15 is 0 Å². The first kappa shape index (κ1) is 13.6. The minimum absolute atomic E-state index is 0.0796. The lowest BCUT2D eigenvalue weighted by Gasteiger charge is -2.38. The second-order valence-corrected chi connectivity index (χ2v) is 5.50. The maximum absolute atomic E-state index is 12.7. The van der Waals surface area contributed by atoms with Crippen LogP contribution in [0.3, 0.4) is 0 Å². The van der Waals surface area contributed by atoms with Gasteiger partial charge < -0.3 is 9.47 Å². The maximum Gasteiger partial charge on any atom is 0.228 e. The first-order valence-corrected chi connectivity index (χ1v) is 7.19. The number of carbonyl (C=O) groups is 1. The van der Waals surface area contributed by atoms with Crippen LogP contribution in [-0.4, -0.2) is 24.6 Å². The molecule has 102 valence electrons. The molecule has 0 saturated heterocycles. The summed E-state index contributed by atoms with van der Waals surface area (Å²) in [6, 6.07) is 0. The van der Waals surface area contributed by atoms with Crippen LogP contribution in [0.5, 0.6) is 0 Å². The minimum atomic E-state index is -0.607. The standard InChI is InChI=1S/C15H24O3/c1-3-18-15(9-7-12(2)8-10-15)14(16)13-6-4-5-11-17-13/h6,12H,3-5,7-11H2,1-2H3. The van der Waals surface area contributed by atoms with Crippen molar-refractivity contribution >= 4 is 5.78 Å². The predicted molar refractivity (Wildman–Crippen MR) is 70.3 cm³/mol. The Morgan fingerprint density at radius 1 is 1.50 bits per heavy atom. The third-order valence-electron chi connectivity index (χ3n) is 4.08. The zero-order chi connectivity index (χ0) is 13.0. The van der Waals surface area contributed by atoms with Crippen LogP contribution in [0, 0.1) is 5.92 Å². The normalized spacial score (nSPS) is 32.6. The molecule has 1 aliphatic carbocycles. The molecule has 3 nitrogen and oxygen atoms in total. The van der Waals surface area contributed by atoms with Gasteiger partial charge in [0.2, 0.25) is 5.78 Å². The topological polar surface area (TPSA) is 35.5 Å². The van der Waals surface area contributed by atoms with E-state index in [0.717, 1.165) is 38.5 Å². The first-order valence-electron chi connectivity index (χ1n) is 7.19. The van der Waals surface area contributed by atoms with Crippen molar-refractivity contribution in [2.75, 3.05) is 13.2 Å². The molecular weight excluding hydrogens is 228 g/mol. The molecule has 0 N–H and O–H groups in total. The molecule has 0 spiro atoms. The third kappa shape index (κ3) is 2.77. The van der Waals surface area contributed by atoms with Gasteiger partial charge in [-0.2, -0.15) is 0 Å². The van der Waals surface area contributed by atoms with Crippen LogP contribution >= 0.6 is 0 Å². The number of hydrogen-bond donors (Lipinski definition) is 0. The summed E-state index contributed by atoms with van der Waals surface area (Å²) >= 11 is 0. The van der Waals surface area contributed by atoms with Crippen LogP contribution in [0.2, 0.25) is 0 Å². The van der Waals surface area contributed by atoms with Crippen molar-refractivity contribution in [1.29, 1.82) is 0 Å². The van der Waals surface area contributed by atoms with Gasteiger partial charge in [0.15, 0.2) is 5.76 Å². The molecule has 0 bridgehead atoms. The van der Waals surface area contributed by atoms with Crippen molar-refractivity contribution < 1.29 is 14.3 Å². The maximum atomic E-state index is 12.7. The van der Waals surface area contributed by atoms with Crippen LogP contribution in [0.25, 0.3) is 0 Å². The molecule has 18 heavy (non-hydrogen) atoms. The van der Waals surface area contributed by atoms with Crippen molar-refractivity contribution in [3.05, 3.63) is 11.8 Å². The van der Waals surface area contributed by atoms with Gasteiger partial charge >= 0.3 is 0 Å². The Balaban J connectivity index is 2.13. The summed E-state index contributed by atoms with van der Waals surface area (Å²) in [5, 5.41) is 0. The summed E-state index contributed by atoms with van der Waals surface area (Å²) in [4.78, 5) is 12.7. The summed E-state index contributed by atoms with van der Waals surface area (Å²) < 4.78 is 11.4. The Labute approximate surface area is 110 Å². The highest BCUT2D eigenvalue weighted by Crippen LogP contribution is 2.37. The van der Waals surface area contributed by atoms with Gasteiger partial charge in [-0.05, 0) is 57.4 Å². The number of allylic oxidation sites excluding steroid dienone is 1. The number of carbonyl (C=O) groups excluding carboxylic acids is 1. The Bertz CT molecular complexity index is 325. The summed E-state index contributed by atoms with van der Waals surface area (Å²) in [5.41, 5.74) is -0.607. The van der Waals surface area contributed by atoms with Gasteiger partial charge in [0, 0.05) is 6.61 Å². The van der Waals surface area contributed by atoms with Gasteiger partial charge in [-0.15, -0.1) is 0 Å². The lowest BCUT2D eigenvalue weighted by atomic mass is 9.76. The summed E-state index contributed by atoms with van der Waals surface area (Å²) in [5.74, 6) is 1.33. The zero-order valence-electron chi connectivity index (χ0n) is 11.5. The average Bonchev–Trinajstić information content (AvgIpc) is 2.42. The van der Waals surface area contributed by atoms with Crippen molar-refractivity contribution in [3.63, 3.8) is 0 Å². The number of ether oxygens (including phenoxy) is 2. The van der Waals surface area contributed by atoms with E-state index in [-0.39, 0.29) is 5.78 Å². The van der Waals surface area contributed by atoms with Crippen LogP contribution < -0.4 is 0 Å². The molecule has 0 aromatic carbocycles. The molecule has 2 rings (SSSR count). The molecule has 1 saturated carbocycles. The molecule has 0 radical (unpaired) electrons. The Morgan fingerprint density at radius 3 is 2.78 bits per heavy atom. The molecule has 0 aromatic rings. The molecule has 0 atom stereocenters. The van der Waals surface area contributed by atoms with Crippen LogP contribution in [-0.2, 0) is 14.3 Å². The lowest BCUT2D eigenvalue weighted by Crippen LogP contribution is -2.46. The summed E-state index contributed by atoms with van der Waals surface area (Å²) in [7, 11) is 0. The first-order chi connectivity index (χ1) is 8.68. The fourth-order valence-electron chi connectivity index (χ4n) is 2.88. The van der Waals surface area contributed by atoms with E-state index in [4.69, 9.17) is 9.47 Å². The highest BCUT2D eigenvalue weighted by Gasteiger charge is 2.43. The molecular formula is C15H24O3. The Morgan fingerprint density at radius 2 is 2.22 bits per heavy atom. The molecule has 1 fully saturated rings. The van der Waals surface area contributed by atoms with E-state index in [2.05, 4.69) is 6.92 Å². The van der Waals surface area contributed by atoms with Crippen molar-refractivity contribution in [3.8, 4) is 0 Å². The minimum Gasteiger partial charge on any atom is -0.490 e. The van der Waals surface area contributed by atoms with Crippen LogP contribution in [0.1, 0.15) is 52.4 Å². The quantitative estimate of drug-likeness (QED) is 0.770. The van der Waals surface area contributed by atoms with E-state index in [0.29, 0.717) is 24.9 Å². The largest absolute Gasteiger partial charge is 0.490 e. The number of hydrogen-bond acceptors (Lipinski definition) is 3. The average molecular weight is 252 g/mol. The van der Waals surface area contributed by atoms with E-state index in [9.17, 15) is 4.79 Å². The van der Waals surface area contributed by atoms with Gasteiger partial charge in [0.05, 0.1) is 6.61 Å². The Kier molecular flexibility index (Phi) is 4.44. The van der Waals surface area contributed by atoms with E-state index in [1.165, 1.54) is 0 Å². The monoisotopic (exact) mass is 252 g/mol. The lowest BCUT2D eigenvalue weighted by molar-refractivity contribution is -0.150. The molecule has 1 aliphatic heterocycles. The predicted octanol–water partition coefficient (Wildman–Crippen LogP) is 3.24. The van der Waals surface area contributed by atoms with Gasteiger partial charge in [0.25, 0.3) is 0 Å². The summed E-state index contributed by atoms with van der Waals surface area (Å²) in [6.45, 7) is 5.46. The molecule has 0 aromatic heterocycles. The van der Waals surface area contributed by atoms with Gasteiger partial charge in [0.1, 0.15) is 5.60 Å². The van der Waals surface area contributed by atoms with Gasteiger partial charge in [-0.25, -0.2) is 0 Å². The fraction of sp³-hybridized carbons (Fsp3) is 0.800. The van der Waals surface area contributed by atoms with Gasteiger partial charge in [-0.3, -0.25) is 4.79 Å². The number of ketones is 1. The SMILES string of the molecule is CCOC1(C(=O)C2=CCCCO2)CCC(C)CC1. The molecule has 0 amide bonds. The fourth-order valence-corrected chi connectivity index (χ4v) is 2.88. The number of Topliss-reactive ketones (excluding diaryl/α,β-unsaturated/α-hetero) is 1. The smallest absolute Gasteiger partial charge is 0.228 e. The van der Waals surface area contributed by atoms with Crippen molar-refractivity contribution in [2.24, 2.45) is 5.92 Å². The highest BCUT2D eigenvalue weighted by molar-refractivity contribution is 6.00. The van der Waals surface area contributed by atoms with Crippen molar-refractivity contribution in [2.45, 2.75) is 58.0 Å². The van der Waals surface area contributed by atoms with Crippen LogP contribution in [0.4, 0.5) is 0 Å². The molecule has 2 aliphatic rings. The van der Waals surface area contributed by atoms with E-state index < -0.39 is 5.60 Å². The molecule has 1 heterocycles. The van der Waals surface area contributed by atoms with Crippen LogP contribution in [0.15, 0.2) is 11.8 Å². The zero-order valence-corrected chi connectivity index (χ0v) is 11.5. The second-order valence-electron chi connectivity index (χ2n) is 5.50. The van der Waals surface area contributed by atoms with Crippen molar-refractivity contribution in [1.82, 2.24) is 0 Å².